The van der Waals surface area contributed by atoms with Crippen molar-refractivity contribution in [2.24, 2.45) is 0 Å². The Labute approximate surface area is 176 Å². The number of unbranched alkanes of at least 4 members (excludes halogenated alkanes) is 18. The predicted octanol–water partition coefficient (Wildman–Crippen LogP) is 10.6. The minimum absolute atomic E-state index is 0.163. The van der Waals surface area contributed by atoms with E-state index < -0.39 is 0 Å². The molecule has 0 N–H and O–H groups in total. The average Bonchev–Trinajstić information content (AvgIpc) is 2.64. The summed E-state index contributed by atoms with van der Waals surface area (Å²) in [6.07, 6.45) is 32.1. The molecule has 0 aliphatic carbocycles. The summed E-state index contributed by atoms with van der Waals surface area (Å²) in [5.74, 6) is 0. The fourth-order valence-corrected chi connectivity index (χ4v) is 6.52. The molecule has 0 nitrogen and oxygen atoms in total. The predicted molar refractivity (Wildman–Crippen MR) is 129 cm³/mol. The quantitative estimate of drug-likeness (QED) is 0.114. The third-order valence-electron chi connectivity index (χ3n) is 5.51. The van der Waals surface area contributed by atoms with Crippen LogP contribution in [0.2, 0.25) is 0 Å². The molecule has 0 saturated heterocycles. The maximum absolute atomic E-state index is 3.98. The Balaban J connectivity index is 3.12. The number of hydrogen-bond donors (Lipinski definition) is 0. The minimum atomic E-state index is 0.163. The average molecular weight is 450 g/mol. The lowest BCUT2D eigenvalue weighted by Gasteiger charge is -2.10. The van der Waals surface area contributed by atoms with Crippen LogP contribution >= 0.6 is 22.1 Å². The van der Waals surface area contributed by atoms with Crippen molar-refractivity contribution in [3.63, 3.8) is 0 Å². The summed E-state index contributed by atoms with van der Waals surface area (Å²) in [5, 5.41) is 0. The van der Waals surface area contributed by atoms with Crippen LogP contribution in [0.1, 0.15) is 142 Å². The highest BCUT2D eigenvalue weighted by Gasteiger charge is 2.03. The SMILES string of the molecule is CCCCCCCCCCCCP(Br)CCCCCCCCCCCC. The Bertz CT molecular complexity index is 220. The van der Waals surface area contributed by atoms with Crippen LogP contribution in [0.25, 0.3) is 0 Å². The van der Waals surface area contributed by atoms with E-state index in [1.807, 2.05) is 0 Å². The molecule has 0 spiro atoms. The molecule has 0 rings (SSSR count). The second-order valence-electron chi connectivity index (χ2n) is 8.27. The van der Waals surface area contributed by atoms with Gasteiger partial charge in [0.1, 0.15) is 0 Å². The van der Waals surface area contributed by atoms with Crippen molar-refractivity contribution in [1.29, 1.82) is 0 Å². The van der Waals surface area contributed by atoms with Gasteiger partial charge in [-0.25, -0.2) is 0 Å². The van der Waals surface area contributed by atoms with Crippen molar-refractivity contribution in [1.82, 2.24) is 0 Å². The minimum Gasteiger partial charge on any atom is -0.0654 e. The smallest absolute Gasteiger partial charge is 0.0227 e. The molecule has 0 heterocycles. The van der Waals surface area contributed by atoms with Gasteiger partial charge in [0.25, 0.3) is 0 Å². The summed E-state index contributed by atoms with van der Waals surface area (Å²) in [6, 6.07) is 0. The zero-order chi connectivity index (χ0) is 19.1. The van der Waals surface area contributed by atoms with E-state index in [2.05, 4.69) is 29.3 Å². The fraction of sp³-hybridized carbons (Fsp3) is 1.00. The van der Waals surface area contributed by atoms with Gasteiger partial charge >= 0.3 is 0 Å². The van der Waals surface area contributed by atoms with E-state index in [1.165, 1.54) is 141 Å². The van der Waals surface area contributed by atoms with Crippen molar-refractivity contribution in [2.45, 2.75) is 142 Å². The first-order valence-electron chi connectivity index (χ1n) is 12.2. The molecule has 158 valence electrons. The molecule has 0 aromatic carbocycles. The van der Waals surface area contributed by atoms with Crippen molar-refractivity contribution >= 4 is 22.1 Å². The highest BCUT2D eigenvalue weighted by Crippen LogP contribution is 2.45. The zero-order valence-electron chi connectivity index (χ0n) is 18.4. The molecule has 0 aliphatic rings. The maximum Gasteiger partial charge on any atom is -0.0227 e. The van der Waals surface area contributed by atoms with Crippen molar-refractivity contribution in [3.8, 4) is 0 Å². The lowest BCUT2D eigenvalue weighted by Crippen LogP contribution is -1.88. The molecule has 0 aromatic rings. The van der Waals surface area contributed by atoms with E-state index in [4.69, 9.17) is 0 Å². The molecule has 0 amide bonds. The van der Waals surface area contributed by atoms with Gasteiger partial charge < -0.3 is 0 Å². The molecule has 0 saturated carbocycles. The monoisotopic (exact) mass is 448 g/mol. The Kier molecular flexibility index (Phi) is 24.8. The van der Waals surface area contributed by atoms with E-state index in [0.29, 0.717) is 0 Å². The van der Waals surface area contributed by atoms with Crippen molar-refractivity contribution in [3.05, 3.63) is 0 Å². The summed E-state index contributed by atoms with van der Waals surface area (Å²) in [5.41, 5.74) is 0. The van der Waals surface area contributed by atoms with Gasteiger partial charge in [-0.15, -0.1) is 0 Å². The lowest BCUT2D eigenvalue weighted by molar-refractivity contribution is 0.561. The van der Waals surface area contributed by atoms with Crippen LogP contribution in [0.3, 0.4) is 0 Å². The topological polar surface area (TPSA) is 0 Å². The van der Waals surface area contributed by atoms with Gasteiger partial charge in [-0.2, -0.15) is 0 Å². The number of hydrogen-bond acceptors (Lipinski definition) is 0. The standard InChI is InChI=1S/C24H50BrP/c1-3-5-7-9-11-13-15-17-19-21-23-26(25)24-22-20-18-16-14-12-10-8-6-4-2/h3-24H2,1-2H3. The molecule has 0 atom stereocenters. The van der Waals surface area contributed by atoms with Crippen LogP contribution in [-0.4, -0.2) is 12.3 Å². The molecule has 0 aromatic heterocycles. The van der Waals surface area contributed by atoms with Gasteiger partial charge in [-0.1, -0.05) is 145 Å². The normalized spacial score (nSPS) is 11.5. The molecule has 2 heteroatoms. The number of halogens is 1. The summed E-state index contributed by atoms with van der Waals surface area (Å²) in [7, 11) is 0. The van der Waals surface area contributed by atoms with Crippen LogP contribution in [0.5, 0.6) is 0 Å². The van der Waals surface area contributed by atoms with Gasteiger partial charge in [0.05, 0.1) is 0 Å². The van der Waals surface area contributed by atoms with Crippen LogP contribution in [0.4, 0.5) is 0 Å². The first kappa shape index (κ1) is 26.9. The van der Waals surface area contributed by atoms with E-state index in [9.17, 15) is 0 Å². The molecule has 0 aliphatic heterocycles. The van der Waals surface area contributed by atoms with Gasteiger partial charge in [0.2, 0.25) is 0 Å². The van der Waals surface area contributed by atoms with Gasteiger partial charge in [-0.3, -0.25) is 0 Å². The second-order valence-corrected chi connectivity index (χ2v) is 13.1. The van der Waals surface area contributed by atoms with Crippen molar-refractivity contribution in [2.75, 3.05) is 12.3 Å². The molecule has 0 fully saturated rings. The van der Waals surface area contributed by atoms with Gasteiger partial charge in [0.15, 0.2) is 0 Å². The third kappa shape index (κ3) is 23.0. The Morgan fingerprint density at radius 1 is 0.385 bits per heavy atom. The summed E-state index contributed by atoms with van der Waals surface area (Å²) >= 11 is 3.98. The van der Waals surface area contributed by atoms with Crippen LogP contribution in [0.15, 0.2) is 0 Å². The molecular formula is C24H50BrP. The number of rotatable bonds is 22. The Hall–Kier alpha value is 0.910. The van der Waals surface area contributed by atoms with E-state index in [1.54, 1.807) is 0 Å². The molecular weight excluding hydrogens is 399 g/mol. The third-order valence-corrected chi connectivity index (χ3v) is 9.24. The second kappa shape index (κ2) is 23.9. The zero-order valence-corrected chi connectivity index (χ0v) is 20.9. The molecule has 0 radical (unpaired) electrons. The van der Waals surface area contributed by atoms with Gasteiger partial charge in [-0.05, 0) is 31.8 Å². The van der Waals surface area contributed by atoms with Crippen LogP contribution in [-0.2, 0) is 0 Å². The largest absolute Gasteiger partial charge is 0.0654 e. The first-order valence-corrected chi connectivity index (χ1v) is 15.9. The van der Waals surface area contributed by atoms with Crippen molar-refractivity contribution < 1.29 is 0 Å². The molecule has 0 unspecified atom stereocenters. The molecule has 26 heavy (non-hydrogen) atoms. The van der Waals surface area contributed by atoms with Crippen LogP contribution in [0, 0.1) is 0 Å². The Morgan fingerprint density at radius 3 is 0.885 bits per heavy atom. The lowest BCUT2D eigenvalue weighted by atomic mass is 10.1. The Morgan fingerprint density at radius 2 is 0.615 bits per heavy atom. The maximum atomic E-state index is 3.98. The van der Waals surface area contributed by atoms with E-state index in [-0.39, 0.29) is 6.62 Å². The summed E-state index contributed by atoms with van der Waals surface area (Å²) in [6.45, 7) is 4.76. The highest BCUT2D eigenvalue weighted by molar-refractivity contribution is 9.39. The molecule has 0 bridgehead atoms. The van der Waals surface area contributed by atoms with Gasteiger partial charge in [0, 0.05) is 0 Å². The van der Waals surface area contributed by atoms with Crippen LogP contribution < -0.4 is 0 Å². The summed E-state index contributed by atoms with van der Waals surface area (Å²) in [4.78, 5) is 0. The fourth-order valence-electron chi connectivity index (χ4n) is 3.65. The first-order chi connectivity index (χ1) is 12.8. The summed E-state index contributed by atoms with van der Waals surface area (Å²) < 4.78 is 0. The highest BCUT2D eigenvalue weighted by atomic mass is 79.9. The van der Waals surface area contributed by atoms with E-state index in [0.717, 1.165) is 0 Å². The van der Waals surface area contributed by atoms with E-state index >= 15 is 0 Å².